The molecule has 0 aliphatic rings. The molecule has 0 saturated carbocycles. The molecule has 128 valence electrons. The van der Waals surface area contributed by atoms with Crippen molar-refractivity contribution in [1.82, 2.24) is 4.72 Å². The van der Waals surface area contributed by atoms with Gasteiger partial charge in [-0.3, -0.25) is 4.55 Å². The molecule has 2 N–H and O–H groups in total. The van der Waals surface area contributed by atoms with Gasteiger partial charge in [-0.05, 0) is 6.42 Å². The van der Waals surface area contributed by atoms with Crippen molar-refractivity contribution in [2.45, 2.75) is 96.8 Å². The van der Waals surface area contributed by atoms with Crippen molar-refractivity contribution in [2.24, 2.45) is 0 Å². The lowest BCUT2D eigenvalue weighted by molar-refractivity contribution is 0.464. The third kappa shape index (κ3) is 19.9. The molecule has 21 heavy (non-hydrogen) atoms. The Hall–Kier alpha value is -0.130. The molecule has 0 aliphatic carbocycles. The highest BCUT2D eigenvalue weighted by Gasteiger charge is 2.00. The molecule has 0 aromatic rings. The minimum Gasteiger partial charge on any atom is -0.273 e. The highest BCUT2D eigenvalue weighted by molar-refractivity contribution is 7.83. The zero-order chi connectivity index (χ0) is 15.8. The van der Waals surface area contributed by atoms with Gasteiger partial charge in [-0.15, -0.1) is 0 Å². The number of unbranched alkanes of at least 4 members (excludes halogenated alkanes) is 13. The molecule has 0 amide bonds. The summed E-state index contributed by atoms with van der Waals surface area (Å²) in [6.45, 7) is 2.60. The number of hydrogen-bond acceptors (Lipinski definition) is 2. The van der Waals surface area contributed by atoms with Gasteiger partial charge in [-0.25, -0.2) is 0 Å². The molecular formula is C16H35NO3S. The second kappa shape index (κ2) is 14.8. The van der Waals surface area contributed by atoms with Gasteiger partial charge in [-0.1, -0.05) is 90.4 Å². The van der Waals surface area contributed by atoms with Crippen molar-refractivity contribution < 1.29 is 13.0 Å². The zero-order valence-electron chi connectivity index (χ0n) is 13.8. The predicted molar refractivity (Wildman–Crippen MR) is 89.9 cm³/mol. The smallest absolute Gasteiger partial charge is 0.273 e. The molecule has 0 unspecified atom stereocenters. The monoisotopic (exact) mass is 321 g/mol. The molecule has 0 saturated heterocycles. The Morgan fingerprint density at radius 1 is 0.667 bits per heavy atom. The van der Waals surface area contributed by atoms with E-state index in [0.29, 0.717) is 6.54 Å². The highest BCUT2D eigenvalue weighted by atomic mass is 32.2. The molecule has 0 aliphatic heterocycles. The van der Waals surface area contributed by atoms with E-state index in [1.54, 1.807) is 0 Å². The molecule has 0 rings (SSSR count). The Labute approximate surface area is 132 Å². The molecule has 0 bridgehead atoms. The summed E-state index contributed by atoms with van der Waals surface area (Å²) in [4.78, 5) is 0. The Balaban J connectivity index is 3.03. The van der Waals surface area contributed by atoms with Crippen LogP contribution < -0.4 is 4.72 Å². The summed E-state index contributed by atoms with van der Waals surface area (Å²) in [7, 11) is -3.99. The van der Waals surface area contributed by atoms with Gasteiger partial charge in [0.05, 0.1) is 0 Å². The number of nitrogens with one attached hydrogen (secondary N) is 1. The fraction of sp³-hybridized carbons (Fsp3) is 1.00. The van der Waals surface area contributed by atoms with Crippen molar-refractivity contribution in [3.8, 4) is 0 Å². The molecule has 0 heterocycles. The number of hydrogen-bond donors (Lipinski definition) is 2. The Kier molecular flexibility index (Phi) is 14.7. The van der Waals surface area contributed by atoms with E-state index in [-0.39, 0.29) is 0 Å². The van der Waals surface area contributed by atoms with Crippen LogP contribution >= 0.6 is 0 Å². The summed E-state index contributed by atoms with van der Waals surface area (Å²) in [6.07, 6.45) is 17.9. The molecule has 0 atom stereocenters. The zero-order valence-corrected chi connectivity index (χ0v) is 14.6. The maximum atomic E-state index is 10.4. The van der Waals surface area contributed by atoms with E-state index < -0.39 is 10.3 Å². The Bertz CT molecular complexity index is 305. The lowest BCUT2D eigenvalue weighted by Crippen LogP contribution is -2.23. The standard InChI is InChI=1S/C16H35NO3S/c1-2-3-4-5-6-7-8-9-10-11-12-13-14-15-16-17-21(18,19)20/h17H,2-16H2,1H3,(H,18,19,20). The first-order valence-electron chi connectivity index (χ1n) is 8.78. The quantitative estimate of drug-likeness (QED) is 0.315. The van der Waals surface area contributed by atoms with Gasteiger partial charge in [0.25, 0.3) is 0 Å². The average Bonchev–Trinajstić information content (AvgIpc) is 2.42. The van der Waals surface area contributed by atoms with E-state index in [9.17, 15) is 8.42 Å². The molecule has 0 spiro atoms. The molecule has 4 nitrogen and oxygen atoms in total. The predicted octanol–water partition coefficient (Wildman–Crippen LogP) is 4.86. The summed E-state index contributed by atoms with van der Waals surface area (Å²) < 4.78 is 31.4. The lowest BCUT2D eigenvalue weighted by Gasteiger charge is -2.03. The third-order valence-electron chi connectivity index (χ3n) is 3.81. The fourth-order valence-electron chi connectivity index (χ4n) is 2.52. The fourth-order valence-corrected chi connectivity index (χ4v) is 2.92. The number of rotatable bonds is 16. The second-order valence-corrected chi connectivity index (χ2v) is 7.20. The normalized spacial score (nSPS) is 11.9. The van der Waals surface area contributed by atoms with Gasteiger partial charge in [0, 0.05) is 6.54 Å². The van der Waals surface area contributed by atoms with Crippen LogP contribution in [0.5, 0.6) is 0 Å². The van der Waals surface area contributed by atoms with Gasteiger partial charge < -0.3 is 0 Å². The largest absolute Gasteiger partial charge is 0.333 e. The molecule has 0 aromatic carbocycles. The van der Waals surface area contributed by atoms with Crippen LogP contribution in [0.15, 0.2) is 0 Å². The topological polar surface area (TPSA) is 66.4 Å². The van der Waals surface area contributed by atoms with Crippen LogP contribution in [-0.4, -0.2) is 19.5 Å². The van der Waals surface area contributed by atoms with Gasteiger partial charge in [0.2, 0.25) is 0 Å². The van der Waals surface area contributed by atoms with E-state index in [4.69, 9.17) is 4.55 Å². The Morgan fingerprint density at radius 3 is 1.33 bits per heavy atom. The van der Waals surface area contributed by atoms with E-state index in [1.165, 1.54) is 70.6 Å². The minimum atomic E-state index is -3.99. The molecule has 0 aromatic heterocycles. The summed E-state index contributed by atoms with van der Waals surface area (Å²) in [6, 6.07) is 0. The maximum Gasteiger partial charge on any atom is 0.333 e. The van der Waals surface area contributed by atoms with Crippen LogP contribution in [0, 0.1) is 0 Å². The van der Waals surface area contributed by atoms with Gasteiger partial charge >= 0.3 is 10.3 Å². The molecular weight excluding hydrogens is 286 g/mol. The first kappa shape index (κ1) is 20.9. The highest BCUT2D eigenvalue weighted by Crippen LogP contribution is 2.12. The SMILES string of the molecule is CCCCCCCCCCCCCCCCNS(=O)(=O)O. The minimum absolute atomic E-state index is 0.344. The van der Waals surface area contributed by atoms with Crippen molar-refractivity contribution in [3.05, 3.63) is 0 Å². The van der Waals surface area contributed by atoms with Crippen molar-refractivity contribution in [1.29, 1.82) is 0 Å². The van der Waals surface area contributed by atoms with E-state index in [0.717, 1.165) is 19.3 Å². The summed E-state index contributed by atoms with van der Waals surface area (Å²) in [5.74, 6) is 0. The van der Waals surface area contributed by atoms with Crippen molar-refractivity contribution in [2.75, 3.05) is 6.54 Å². The van der Waals surface area contributed by atoms with E-state index >= 15 is 0 Å². The molecule has 0 radical (unpaired) electrons. The van der Waals surface area contributed by atoms with E-state index in [1.807, 2.05) is 0 Å². The van der Waals surface area contributed by atoms with Crippen molar-refractivity contribution in [3.63, 3.8) is 0 Å². The van der Waals surface area contributed by atoms with Crippen LogP contribution in [0.25, 0.3) is 0 Å². The van der Waals surface area contributed by atoms with Crippen LogP contribution in [-0.2, 0) is 10.3 Å². The van der Waals surface area contributed by atoms with Crippen LogP contribution in [0.1, 0.15) is 96.8 Å². The van der Waals surface area contributed by atoms with Crippen LogP contribution in [0.4, 0.5) is 0 Å². The first-order valence-corrected chi connectivity index (χ1v) is 10.2. The molecule has 5 heteroatoms. The van der Waals surface area contributed by atoms with Crippen molar-refractivity contribution >= 4 is 10.3 Å². The second-order valence-electron chi connectivity index (χ2n) is 5.97. The summed E-state index contributed by atoms with van der Waals surface area (Å²) in [5, 5.41) is 0. The summed E-state index contributed by atoms with van der Waals surface area (Å²) in [5.41, 5.74) is 0. The van der Waals surface area contributed by atoms with Gasteiger partial charge in [0.1, 0.15) is 0 Å². The van der Waals surface area contributed by atoms with Gasteiger partial charge in [0.15, 0.2) is 0 Å². The lowest BCUT2D eigenvalue weighted by atomic mass is 10.0. The first-order chi connectivity index (χ1) is 10.1. The van der Waals surface area contributed by atoms with E-state index in [2.05, 4.69) is 11.6 Å². The third-order valence-corrected chi connectivity index (χ3v) is 4.38. The molecule has 0 fully saturated rings. The average molecular weight is 322 g/mol. The maximum absolute atomic E-state index is 10.4. The van der Waals surface area contributed by atoms with Crippen LogP contribution in [0.3, 0.4) is 0 Å². The van der Waals surface area contributed by atoms with Gasteiger partial charge in [-0.2, -0.15) is 13.1 Å². The Morgan fingerprint density at radius 2 is 1.00 bits per heavy atom. The van der Waals surface area contributed by atoms with Crippen LogP contribution in [0.2, 0.25) is 0 Å². The summed E-state index contributed by atoms with van der Waals surface area (Å²) >= 11 is 0.